The van der Waals surface area contributed by atoms with Crippen molar-refractivity contribution in [2.75, 3.05) is 26.2 Å². The highest BCUT2D eigenvalue weighted by molar-refractivity contribution is 4.91. The Morgan fingerprint density at radius 1 is 1.47 bits per heavy atom. The molecule has 0 aliphatic carbocycles. The van der Waals surface area contributed by atoms with E-state index in [1.54, 1.807) is 6.20 Å². The van der Waals surface area contributed by atoms with E-state index in [4.69, 9.17) is 5.73 Å². The van der Waals surface area contributed by atoms with E-state index < -0.39 is 0 Å². The first-order valence-electron chi connectivity index (χ1n) is 5.41. The van der Waals surface area contributed by atoms with Gasteiger partial charge in [-0.25, -0.2) is 0 Å². The minimum absolute atomic E-state index is 0.0952. The van der Waals surface area contributed by atoms with Gasteiger partial charge in [-0.2, -0.15) is 5.10 Å². The summed E-state index contributed by atoms with van der Waals surface area (Å²) in [6, 6.07) is 1.98. The van der Waals surface area contributed by atoms with Crippen LogP contribution in [0.4, 0.5) is 0 Å². The lowest BCUT2D eigenvalue weighted by molar-refractivity contribution is 0.139. The number of aromatic nitrogens is 2. The van der Waals surface area contributed by atoms with Crippen LogP contribution in [0.3, 0.4) is 0 Å². The van der Waals surface area contributed by atoms with Gasteiger partial charge < -0.3 is 10.8 Å². The predicted octanol–water partition coefficient (Wildman–Crippen LogP) is -0.550. The predicted molar refractivity (Wildman–Crippen MR) is 57.4 cm³/mol. The fraction of sp³-hybridized carbons (Fsp3) is 0.700. The van der Waals surface area contributed by atoms with Crippen LogP contribution in [-0.2, 0) is 0 Å². The molecule has 0 bridgehead atoms. The molecule has 84 valence electrons. The maximum Gasteiger partial charge on any atom is 0.0917 e. The average molecular weight is 210 g/mol. The summed E-state index contributed by atoms with van der Waals surface area (Å²) in [5.74, 6) is 0. The van der Waals surface area contributed by atoms with Crippen LogP contribution in [0.1, 0.15) is 12.5 Å². The third-order valence-corrected chi connectivity index (χ3v) is 2.88. The third-order valence-electron chi connectivity index (χ3n) is 2.88. The fourth-order valence-corrected chi connectivity index (χ4v) is 2.08. The Balaban J connectivity index is 1.93. The summed E-state index contributed by atoms with van der Waals surface area (Å²) in [4.78, 5) is 2.24. The number of likely N-dealkylation sites (tertiary alicyclic amines) is 1. The second-order valence-corrected chi connectivity index (χ2v) is 4.02. The molecule has 2 unspecified atom stereocenters. The van der Waals surface area contributed by atoms with E-state index in [1.165, 1.54) is 0 Å². The van der Waals surface area contributed by atoms with Gasteiger partial charge in [0, 0.05) is 25.5 Å². The first-order chi connectivity index (χ1) is 7.31. The Hall–Kier alpha value is -0.910. The van der Waals surface area contributed by atoms with Crippen molar-refractivity contribution in [1.82, 2.24) is 14.7 Å². The van der Waals surface area contributed by atoms with Gasteiger partial charge in [0.25, 0.3) is 0 Å². The Labute approximate surface area is 89.5 Å². The lowest BCUT2D eigenvalue weighted by Crippen LogP contribution is -2.24. The van der Waals surface area contributed by atoms with Crippen LogP contribution >= 0.6 is 0 Å². The molecule has 5 nitrogen and oxygen atoms in total. The molecule has 1 aromatic heterocycles. The molecule has 1 saturated heterocycles. The van der Waals surface area contributed by atoms with Crippen LogP contribution in [0.25, 0.3) is 0 Å². The van der Waals surface area contributed by atoms with E-state index in [0.29, 0.717) is 6.54 Å². The second-order valence-electron chi connectivity index (χ2n) is 4.02. The van der Waals surface area contributed by atoms with Crippen molar-refractivity contribution in [1.29, 1.82) is 0 Å². The molecule has 0 amide bonds. The number of nitrogens with two attached hydrogens (primary N) is 1. The average Bonchev–Trinajstić information content (AvgIpc) is 2.83. The van der Waals surface area contributed by atoms with Crippen LogP contribution in [0, 0.1) is 0 Å². The van der Waals surface area contributed by atoms with E-state index in [2.05, 4.69) is 10.00 Å². The van der Waals surface area contributed by atoms with Crippen LogP contribution < -0.4 is 5.73 Å². The summed E-state index contributed by atoms with van der Waals surface area (Å²) in [5.41, 5.74) is 5.46. The minimum atomic E-state index is -0.317. The number of aliphatic hydroxyl groups is 1. The summed E-state index contributed by atoms with van der Waals surface area (Å²) in [7, 11) is 0. The Kier molecular flexibility index (Phi) is 3.35. The third kappa shape index (κ3) is 2.37. The Morgan fingerprint density at radius 3 is 3.00 bits per heavy atom. The van der Waals surface area contributed by atoms with Gasteiger partial charge in [-0.1, -0.05) is 0 Å². The first kappa shape index (κ1) is 10.6. The van der Waals surface area contributed by atoms with Crippen molar-refractivity contribution < 1.29 is 5.11 Å². The number of rotatable bonds is 4. The van der Waals surface area contributed by atoms with Crippen molar-refractivity contribution in [3.8, 4) is 0 Å². The molecule has 0 spiro atoms. The van der Waals surface area contributed by atoms with Gasteiger partial charge in [0.15, 0.2) is 0 Å². The van der Waals surface area contributed by atoms with E-state index in [0.717, 1.165) is 26.1 Å². The summed E-state index contributed by atoms with van der Waals surface area (Å²) >= 11 is 0. The van der Waals surface area contributed by atoms with Crippen LogP contribution in [0.15, 0.2) is 18.5 Å². The lowest BCUT2D eigenvalue weighted by atomic mass is 10.2. The summed E-state index contributed by atoms with van der Waals surface area (Å²) in [5, 5.41) is 14.1. The largest absolute Gasteiger partial charge is 0.390 e. The Morgan fingerprint density at radius 2 is 2.33 bits per heavy atom. The van der Waals surface area contributed by atoms with E-state index in [-0.39, 0.29) is 12.1 Å². The van der Waals surface area contributed by atoms with Crippen molar-refractivity contribution in [2.24, 2.45) is 5.73 Å². The van der Waals surface area contributed by atoms with Gasteiger partial charge in [0.1, 0.15) is 0 Å². The maximum absolute atomic E-state index is 9.90. The van der Waals surface area contributed by atoms with Crippen molar-refractivity contribution >= 4 is 0 Å². The van der Waals surface area contributed by atoms with Crippen molar-refractivity contribution in [3.05, 3.63) is 18.5 Å². The van der Waals surface area contributed by atoms with E-state index in [9.17, 15) is 5.11 Å². The highest BCUT2D eigenvalue weighted by atomic mass is 16.3. The first-order valence-corrected chi connectivity index (χ1v) is 5.41. The van der Waals surface area contributed by atoms with Gasteiger partial charge in [-0.3, -0.25) is 9.58 Å². The molecule has 0 radical (unpaired) electrons. The van der Waals surface area contributed by atoms with Gasteiger partial charge in [0.2, 0.25) is 0 Å². The smallest absolute Gasteiger partial charge is 0.0917 e. The molecule has 5 heteroatoms. The zero-order valence-electron chi connectivity index (χ0n) is 8.79. The van der Waals surface area contributed by atoms with Crippen LogP contribution in [0.5, 0.6) is 0 Å². The molecule has 1 aliphatic rings. The molecule has 1 fully saturated rings. The number of aliphatic hydroxyl groups excluding tert-OH is 1. The van der Waals surface area contributed by atoms with E-state index >= 15 is 0 Å². The monoisotopic (exact) mass is 210 g/mol. The van der Waals surface area contributed by atoms with Crippen LogP contribution in [0.2, 0.25) is 0 Å². The molecule has 2 atom stereocenters. The number of hydrogen-bond acceptors (Lipinski definition) is 4. The molecule has 1 aromatic rings. The minimum Gasteiger partial charge on any atom is -0.390 e. The van der Waals surface area contributed by atoms with Crippen molar-refractivity contribution in [2.45, 2.75) is 18.6 Å². The standard InChI is InChI=1S/C10H18N4O/c11-3-1-5-13-7-9(10(15)8-13)14-6-2-4-12-14/h2,4,6,9-10,15H,1,3,5,7-8,11H2. The highest BCUT2D eigenvalue weighted by Gasteiger charge is 2.32. The molecular weight excluding hydrogens is 192 g/mol. The SMILES string of the molecule is NCCCN1CC(O)C(n2cccn2)C1. The molecule has 2 heterocycles. The Bertz CT molecular complexity index is 288. The summed E-state index contributed by atoms with van der Waals surface area (Å²) in [6.45, 7) is 3.26. The van der Waals surface area contributed by atoms with Crippen molar-refractivity contribution in [3.63, 3.8) is 0 Å². The zero-order valence-corrected chi connectivity index (χ0v) is 8.79. The number of hydrogen-bond donors (Lipinski definition) is 2. The second kappa shape index (κ2) is 4.74. The molecular formula is C10H18N4O. The quantitative estimate of drug-likeness (QED) is 0.699. The number of β-amino-alcohol motifs (C(OH)–C–C–N with tert-alkyl or cyclic N) is 1. The van der Waals surface area contributed by atoms with Gasteiger partial charge >= 0.3 is 0 Å². The molecule has 0 aromatic carbocycles. The van der Waals surface area contributed by atoms with Gasteiger partial charge in [0.05, 0.1) is 12.1 Å². The molecule has 0 saturated carbocycles. The van der Waals surface area contributed by atoms with E-state index in [1.807, 2.05) is 16.9 Å². The summed E-state index contributed by atoms with van der Waals surface area (Å²) < 4.78 is 1.84. The van der Waals surface area contributed by atoms with Gasteiger partial charge in [-0.05, 0) is 25.6 Å². The summed E-state index contributed by atoms with van der Waals surface area (Å²) in [6.07, 6.45) is 4.32. The maximum atomic E-state index is 9.90. The van der Waals surface area contributed by atoms with Crippen LogP contribution in [-0.4, -0.2) is 52.1 Å². The fourth-order valence-electron chi connectivity index (χ4n) is 2.08. The molecule has 1 aliphatic heterocycles. The number of nitrogens with zero attached hydrogens (tertiary/aromatic N) is 3. The van der Waals surface area contributed by atoms with Gasteiger partial charge in [-0.15, -0.1) is 0 Å². The lowest BCUT2D eigenvalue weighted by Gasteiger charge is -2.15. The highest BCUT2D eigenvalue weighted by Crippen LogP contribution is 2.21. The topological polar surface area (TPSA) is 67.3 Å². The normalized spacial score (nSPS) is 27.3. The molecule has 3 N–H and O–H groups in total. The molecule has 15 heavy (non-hydrogen) atoms. The molecule has 2 rings (SSSR count). The zero-order chi connectivity index (χ0) is 10.7.